The van der Waals surface area contributed by atoms with Crippen molar-refractivity contribution in [1.82, 2.24) is 4.98 Å². The van der Waals surface area contributed by atoms with Gasteiger partial charge in [0.25, 0.3) is 5.91 Å². The van der Waals surface area contributed by atoms with Crippen LogP contribution >= 0.6 is 15.9 Å². The van der Waals surface area contributed by atoms with Crippen LogP contribution in [-0.4, -0.2) is 21.1 Å². The lowest BCUT2D eigenvalue weighted by molar-refractivity contribution is -0.126. The van der Waals surface area contributed by atoms with Gasteiger partial charge in [-0.05, 0) is 23.8 Å². The summed E-state index contributed by atoms with van der Waals surface area (Å²) < 4.78 is 0.802. The zero-order chi connectivity index (χ0) is 16.4. The molecule has 1 amide bonds. The van der Waals surface area contributed by atoms with Crippen LogP contribution in [0.2, 0.25) is 0 Å². The van der Waals surface area contributed by atoms with E-state index in [1.54, 1.807) is 42.5 Å². The Labute approximate surface area is 139 Å². The molecule has 1 atom stereocenters. The third kappa shape index (κ3) is 3.15. The van der Waals surface area contributed by atoms with Crippen molar-refractivity contribution >= 4 is 38.4 Å². The highest BCUT2D eigenvalue weighted by atomic mass is 79.9. The van der Waals surface area contributed by atoms with Gasteiger partial charge >= 0.3 is 0 Å². The van der Waals surface area contributed by atoms with Crippen LogP contribution in [0.1, 0.15) is 11.7 Å². The molecule has 2 aromatic carbocycles. The molecular formula is C16H12BrN3O3. The maximum atomic E-state index is 11.9. The Bertz CT molecular complexity index is 890. The van der Waals surface area contributed by atoms with E-state index in [2.05, 4.69) is 31.1 Å². The molecular weight excluding hydrogens is 362 g/mol. The van der Waals surface area contributed by atoms with Crippen LogP contribution in [0.4, 0.5) is 5.69 Å². The number of hydrogen-bond donors (Lipinski definition) is 3. The summed E-state index contributed by atoms with van der Waals surface area (Å²) in [7, 11) is 0. The van der Waals surface area contributed by atoms with Gasteiger partial charge in [-0.25, -0.2) is 0 Å². The van der Waals surface area contributed by atoms with E-state index in [9.17, 15) is 15.0 Å². The highest BCUT2D eigenvalue weighted by Gasteiger charge is 2.17. The Kier molecular flexibility index (Phi) is 4.22. The Morgan fingerprint density at radius 2 is 1.91 bits per heavy atom. The molecule has 0 bridgehead atoms. The van der Waals surface area contributed by atoms with Crippen LogP contribution in [0.5, 0.6) is 5.88 Å². The lowest BCUT2D eigenvalue weighted by atomic mass is 10.1. The Balaban J connectivity index is 1.89. The van der Waals surface area contributed by atoms with E-state index in [1.165, 1.54) is 0 Å². The minimum Gasteiger partial charge on any atom is -0.493 e. The van der Waals surface area contributed by atoms with Gasteiger partial charge in [0.2, 0.25) is 5.88 Å². The number of H-pyrrole nitrogens is 1. The molecule has 0 aliphatic heterocycles. The monoisotopic (exact) mass is 373 g/mol. The first-order chi connectivity index (χ1) is 11.1. The molecule has 0 fully saturated rings. The molecule has 3 aromatic rings. The van der Waals surface area contributed by atoms with Gasteiger partial charge in [0.05, 0.1) is 5.52 Å². The molecule has 0 spiro atoms. The van der Waals surface area contributed by atoms with Crippen molar-refractivity contribution in [1.29, 1.82) is 0 Å². The molecule has 0 aliphatic carbocycles. The van der Waals surface area contributed by atoms with Gasteiger partial charge in [-0.1, -0.05) is 46.3 Å². The average molecular weight is 374 g/mol. The lowest BCUT2D eigenvalue weighted by Crippen LogP contribution is -2.08. The zero-order valence-corrected chi connectivity index (χ0v) is 13.4. The molecule has 116 valence electrons. The topological polar surface area (TPSA) is 98.0 Å². The minimum atomic E-state index is -1.39. The van der Waals surface area contributed by atoms with Crippen molar-refractivity contribution < 1.29 is 15.0 Å². The summed E-state index contributed by atoms with van der Waals surface area (Å²) in [6.45, 7) is 0. The molecule has 0 aliphatic rings. The first-order valence-corrected chi connectivity index (χ1v) is 7.54. The summed E-state index contributed by atoms with van der Waals surface area (Å²) in [5.74, 6) is -0.996. The number of carbonyl (C=O) groups is 1. The number of halogens is 1. The summed E-state index contributed by atoms with van der Waals surface area (Å²) in [5, 5.41) is 27.8. The summed E-state index contributed by atoms with van der Waals surface area (Å²) in [4.78, 5) is 14.7. The van der Waals surface area contributed by atoms with Gasteiger partial charge in [0.15, 0.2) is 11.8 Å². The highest BCUT2D eigenvalue weighted by Crippen LogP contribution is 2.37. The number of carbonyl (C=O) groups excluding carboxylic acids is 1. The van der Waals surface area contributed by atoms with Crippen LogP contribution in [0, 0.1) is 0 Å². The van der Waals surface area contributed by atoms with E-state index in [0.29, 0.717) is 16.5 Å². The van der Waals surface area contributed by atoms with Crippen molar-refractivity contribution in [3.8, 4) is 5.88 Å². The number of aliphatic hydroxyl groups excluding tert-OH is 1. The van der Waals surface area contributed by atoms with E-state index in [1.807, 2.05) is 6.07 Å². The maximum Gasteiger partial charge on any atom is 0.297 e. The van der Waals surface area contributed by atoms with Crippen LogP contribution in [0.15, 0.2) is 63.2 Å². The quantitative estimate of drug-likeness (QED) is 0.605. The number of rotatable bonds is 3. The maximum absolute atomic E-state index is 11.9. The average Bonchev–Trinajstić information content (AvgIpc) is 2.87. The van der Waals surface area contributed by atoms with Crippen LogP contribution < -0.4 is 0 Å². The van der Waals surface area contributed by atoms with Crippen molar-refractivity contribution in [2.45, 2.75) is 6.10 Å². The number of benzene rings is 2. The van der Waals surface area contributed by atoms with E-state index in [0.717, 1.165) is 4.47 Å². The van der Waals surface area contributed by atoms with Crippen molar-refractivity contribution in [2.75, 3.05) is 0 Å². The predicted molar refractivity (Wildman–Crippen MR) is 88.6 cm³/mol. The molecule has 1 heterocycles. The van der Waals surface area contributed by atoms with Gasteiger partial charge in [0.1, 0.15) is 0 Å². The molecule has 23 heavy (non-hydrogen) atoms. The van der Waals surface area contributed by atoms with Gasteiger partial charge in [-0.2, -0.15) is 0 Å². The number of aromatic amines is 1. The zero-order valence-electron chi connectivity index (χ0n) is 11.8. The lowest BCUT2D eigenvalue weighted by Gasteiger charge is -2.04. The molecule has 6 nitrogen and oxygen atoms in total. The second-order valence-electron chi connectivity index (χ2n) is 4.86. The summed E-state index contributed by atoms with van der Waals surface area (Å²) >= 11 is 3.33. The second kappa shape index (κ2) is 6.31. The molecule has 3 rings (SSSR count). The second-order valence-corrected chi connectivity index (χ2v) is 5.78. The van der Waals surface area contributed by atoms with Crippen molar-refractivity contribution in [3.05, 3.63) is 58.6 Å². The summed E-state index contributed by atoms with van der Waals surface area (Å²) in [5.41, 5.74) is 1.24. The normalized spacial score (nSPS) is 12.8. The standard InChI is InChI=1S/C16H12BrN3O3/c17-10-6-7-12-11(8-10)13(15(22)18-12)19-20-16(23)14(21)9-4-2-1-3-5-9/h1-8,14,18,21-22H. The fourth-order valence-corrected chi connectivity index (χ4v) is 2.53. The van der Waals surface area contributed by atoms with Gasteiger partial charge in [0, 0.05) is 9.86 Å². The van der Waals surface area contributed by atoms with E-state index >= 15 is 0 Å². The van der Waals surface area contributed by atoms with E-state index in [-0.39, 0.29) is 11.6 Å². The molecule has 1 unspecified atom stereocenters. The molecule has 1 aromatic heterocycles. The molecule has 0 radical (unpaired) electrons. The Morgan fingerprint density at radius 3 is 2.65 bits per heavy atom. The van der Waals surface area contributed by atoms with Crippen LogP contribution in [-0.2, 0) is 4.79 Å². The molecule has 3 N–H and O–H groups in total. The minimum absolute atomic E-state index is 0.148. The number of aromatic hydroxyl groups is 1. The number of amides is 1. The third-order valence-electron chi connectivity index (χ3n) is 3.31. The van der Waals surface area contributed by atoms with E-state index in [4.69, 9.17) is 0 Å². The molecule has 0 saturated carbocycles. The van der Waals surface area contributed by atoms with Crippen molar-refractivity contribution in [2.24, 2.45) is 10.2 Å². The number of azo groups is 1. The first-order valence-electron chi connectivity index (χ1n) is 6.75. The predicted octanol–water partition coefficient (Wildman–Crippen LogP) is 3.98. The van der Waals surface area contributed by atoms with Gasteiger partial charge in [-0.15, -0.1) is 10.2 Å². The summed E-state index contributed by atoms with van der Waals surface area (Å²) in [6.07, 6.45) is -1.39. The SMILES string of the molecule is O=C(N=Nc1c(O)[nH]c2ccc(Br)cc12)C(O)c1ccccc1. The van der Waals surface area contributed by atoms with Crippen molar-refractivity contribution in [3.63, 3.8) is 0 Å². The highest BCUT2D eigenvalue weighted by molar-refractivity contribution is 9.10. The van der Waals surface area contributed by atoms with E-state index < -0.39 is 12.0 Å². The Morgan fingerprint density at radius 1 is 1.17 bits per heavy atom. The summed E-state index contributed by atoms with van der Waals surface area (Å²) in [6, 6.07) is 13.8. The Hall–Kier alpha value is -2.51. The fourth-order valence-electron chi connectivity index (χ4n) is 2.17. The van der Waals surface area contributed by atoms with Crippen LogP contribution in [0.3, 0.4) is 0 Å². The number of aliphatic hydroxyl groups is 1. The number of fused-ring (bicyclic) bond motifs is 1. The number of hydrogen-bond acceptors (Lipinski definition) is 4. The van der Waals surface area contributed by atoms with Crippen LogP contribution in [0.25, 0.3) is 10.9 Å². The van der Waals surface area contributed by atoms with Gasteiger partial charge in [-0.3, -0.25) is 4.79 Å². The smallest absolute Gasteiger partial charge is 0.297 e. The first kappa shape index (κ1) is 15.4. The largest absolute Gasteiger partial charge is 0.493 e. The molecule has 7 heteroatoms. The number of aromatic nitrogens is 1. The molecule has 0 saturated heterocycles. The van der Waals surface area contributed by atoms with Gasteiger partial charge < -0.3 is 15.2 Å². The number of nitrogens with zero attached hydrogens (tertiary/aromatic N) is 2. The third-order valence-corrected chi connectivity index (χ3v) is 3.81. The number of nitrogens with one attached hydrogen (secondary N) is 1. The fraction of sp³-hybridized carbons (Fsp3) is 0.0625.